The predicted octanol–water partition coefficient (Wildman–Crippen LogP) is 4.86. The van der Waals surface area contributed by atoms with Gasteiger partial charge in [0.2, 0.25) is 0 Å². The van der Waals surface area contributed by atoms with Crippen LogP contribution in [0.5, 0.6) is 5.75 Å². The van der Waals surface area contributed by atoms with Gasteiger partial charge in [0.05, 0.1) is 6.10 Å². The molecule has 2 nitrogen and oxygen atoms in total. The van der Waals surface area contributed by atoms with Crippen molar-refractivity contribution in [3.8, 4) is 5.75 Å². The fraction of sp³-hybridized carbons (Fsp3) is 0.250. The summed E-state index contributed by atoms with van der Waals surface area (Å²) < 4.78 is 5.62. The zero-order valence-electron chi connectivity index (χ0n) is 11.3. The number of benzene rings is 2. The van der Waals surface area contributed by atoms with Gasteiger partial charge in [-0.2, -0.15) is 0 Å². The maximum atomic E-state index is 10.5. The van der Waals surface area contributed by atoms with E-state index in [4.69, 9.17) is 27.9 Å². The summed E-state index contributed by atoms with van der Waals surface area (Å²) in [5.41, 5.74) is 1.20. The van der Waals surface area contributed by atoms with Gasteiger partial charge in [-0.25, -0.2) is 0 Å². The van der Waals surface area contributed by atoms with Gasteiger partial charge in [0.15, 0.2) is 0 Å². The Morgan fingerprint density at radius 3 is 2.20 bits per heavy atom. The van der Waals surface area contributed by atoms with Gasteiger partial charge in [-0.05, 0) is 43.7 Å². The van der Waals surface area contributed by atoms with Gasteiger partial charge >= 0.3 is 0 Å². The Kier molecular flexibility index (Phi) is 4.92. The quantitative estimate of drug-likeness (QED) is 0.873. The molecule has 1 N–H and O–H groups in total. The first-order valence-electron chi connectivity index (χ1n) is 6.37. The number of hydrogen-bond acceptors (Lipinski definition) is 2. The molecule has 2 rings (SSSR count). The highest BCUT2D eigenvalue weighted by molar-refractivity contribution is 6.36. The second-order valence-electron chi connectivity index (χ2n) is 4.78. The van der Waals surface area contributed by atoms with Crippen molar-refractivity contribution in [2.75, 3.05) is 0 Å². The monoisotopic (exact) mass is 310 g/mol. The highest BCUT2D eigenvalue weighted by Crippen LogP contribution is 2.34. The summed E-state index contributed by atoms with van der Waals surface area (Å²) >= 11 is 12.2. The first-order valence-corrected chi connectivity index (χ1v) is 7.13. The Bertz CT molecular complexity index is 577. The third-order valence-corrected chi connectivity index (χ3v) is 3.48. The van der Waals surface area contributed by atoms with Crippen LogP contribution in [0.25, 0.3) is 0 Å². The lowest BCUT2D eigenvalue weighted by atomic mass is 10.0. The molecule has 0 aliphatic carbocycles. The number of hydrogen-bond donors (Lipinski definition) is 1. The first kappa shape index (κ1) is 15.2. The standard InChI is InChI=1S/C16H16Cl2O2/c1-10(2)20-12-6-3-5-11(9-12)16(19)15-13(17)7-4-8-14(15)18/h3-10,16,19H,1-2H3. The van der Waals surface area contributed by atoms with Crippen LogP contribution in [0.15, 0.2) is 42.5 Å². The molecule has 0 spiro atoms. The van der Waals surface area contributed by atoms with Crippen molar-refractivity contribution in [2.24, 2.45) is 0 Å². The molecule has 0 aromatic heterocycles. The summed E-state index contributed by atoms with van der Waals surface area (Å²) in [6.07, 6.45) is -0.807. The van der Waals surface area contributed by atoms with Crippen molar-refractivity contribution < 1.29 is 9.84 Å². The molecule has 0 heterocycles. The van der Waals surface area contributed by atoms with Gasteiger partial charge in [0.1, 0.15) is 11.9 Å². The second kappa shape index (κ2) is 6.49. The Balaban J connectivity index is 2.36. The molecule has 0 radical (unpaired) electrons. The van der Waals surface area contributed by atoms with E-state index in [9.17, 15) is 5.11 Å². The molecule has 20 heavy (non-hydrogen) atoms. The smallest absolute Gasteiger partial charge is 0.120 e. The molecule has 1 atom stereocenters. The molecule has 2 aromatic carbocycles. The Labute approximate surface area is 128 Å². The third-order valence-electron chi connectivity index (χ3n) is 2.82. The lowest BCUT2D eigenvalue weighted by Gasteiger charge is -2.16. The van der Waals surface area contributed by atoms with E-state index >= 15 is 0 Å². The van der Waals surface area contributed by atoms with E-state index in [0.29, 0.717) is 26.9 Å². The van der Waals surface area contributed by atoms with Crippen LogP contribution < -0.4 is 4.74 Å². The van der Waals surface area contributed by atoms with E-state index in [1.807, 2.05) is 32.0 Å². The van der Waals surface area contributed by atoms with Crippen LogP contribution >= 0.6 is 23.2 Å². The summed E-state index contributed by atoms with van der Waals surface area (Å²) in [4.78, 5) is 0. The molecule has 4 heteroatoms. The number of aliphatic hydroxyl groups excluding tert-OH is 1. The van der Waals surface area contributed by atoms with Crippen molar-refractivity contribution in [3.63, 3.8) is 0 Å². The van der Waals surface area contributed by atoms with Crippen molar-refractivity contribution in [1.82, 2.24) is 0 Å². The lowest BCUT2D eigenvalue weighted by Crippen LogP contribution is -2.07. The minimum absolute atomic E-state index is 0.0753. The molecule has 0 amide bonds. The lowest BCUT2D eigenvalue weighted by molar-refractivity contribution is 0.216. The maximum absolute atomic E-state index is 10.5. The molecule has 0 saturated heterocycles. The number of ether oxygens (including phenoxy) is 1. The molecule has 0 bridgehead atoms. The summed E-state index contributed by atoms with van der Waals surface area (Å²) in [6.45, 7) is 3.90. The zero-order chi connectivity index (χ0) is 14.7. The minimum atomic E-state index is -0.882. The molecule has 0 fully saturated rings. The van der Waals surface area contributed by atoms with Crippen LogP contribution in [0.4, 0.5) is 0 Å². The molecule has 1 unspecified atom stereocenters. The van der Waals surface area contributed by atoms with E-state index in [1.54, 1.807) is 24.3 Å². The SMILES string of the molecule is CC(C)Oc1cccc(C(O)c2c(Cl)cccc2Cl)c1. The normalized spacial score (nSPS) is 12.5. The van der Waals surface area contributed by atoms with Gasteiger partial charge < -0.3 is 9.84 Å². The maximum Gasteiger partial charge on any atom is 0.120 e. The number of rotatable bonds is 4. The molecular weight excluding hydrogens is 295 g/mol. The third kappa shape index (κ3) is 3.45. The Hall–Kier alpha value is -1.22. The summed E-state index contributed by atoms with van der Waals surface area (Å²) in [5.74, 6) is 0.708. The number of aliphatic hydroxyl groups is 1. The Morgan fingerprint density at radius 2 is 1.60 bits per heavy atom. The summed E-state index contributed by atoms with van der Waals surface area (Å²) in [7, 11) is 0. The van der Waals surface area contributed by atoms with Crippen LogP contribution in [0, 0.1) is 0 Å². The fourth-order valence-electron chi connectivity index (χ4n) is 1.97. The minimum Gasteiger partial charge on any atom is -0.491 e. The van der Waals surface area contributed by atoms with Gasteiger partial charge in [0.25, 0.3) is 0 Å². The van der Waals surface area contributed by atoms with E-state index in [0.717, 1.165) is 0 Å². The van der Waals surface area contributed by atoms with Crippen molar-refractivity contribution in [1.29, 1.82) is 0 Å². The van der Waals surface area contributed by atoms with E-state index < -0.39 is 6.10 Å². The van der Waals surface area contributed by atoms with Crippen molar-refractivity contribution in [3.05, 3.63) is 63.6 Å². The molecule has 106 valence electrons. The highest BCUT2D eigenvalue weighted by atomic mass is 35.5. The van der Waals surface area contributed by atoms with Crippen LogP contribution in [0.1, 0.15) is 31.1 Å². The first-order chi connectivity index (χ1) is 9.49. The van der Waals surface area contributed by atoms with Crippen molar-refractivity contribution >= 4 is 23.2 Å². The topological polar surface area (TPSA) is 29.5 Å². The molecule has 0 saturated carbocycles. The zero-order valence-corrected chi connectivity index (χ0v) is 12.8. The molecule has 0 aliphatic heterocycles. The number of halogens is 2. The van der Waals surface area contributed by atoms with Gasteiger partial charge in [-0.3, -0.25) is 0 Å². The van der Waals surface area contributed by atoms with E-state index in [1.165, 1.54) is 0 Å². The average Bonchev–Trinajstić information content (AvgIpc) is 2.38. The van der Waals surface area contributed by atoms with Crippen LogP contribution in [-0.4, -0.2) is 11.2 Å². The summed E-state index contributed by atoms with van der Waals surface area (Å²) in [6, 6.07) is 12.5. The predicted molar refractivity (Wildman–Crippen MR) is 82.7 cm³/mol. The Morgan fingerprint density at radius 1 is 1.00 bits per heavy atom. The molecule has 0 aliphatic rings. The second-order valence-corrected chi connectivity index (χ2v) is 5.59. The highest BCUT2D eigenvalue weighted by Gasteiger charge is 2.17. The average molecular weight is 311 g/mol. The van der Waals surface area contributed by atoms with Crippen LogP contribution in [-0.2, 0) is 0 Å². The van der Waals surface area contributed by atoms with Gasteiger partial charge in [-0.15, -0.1) is 0 Å². The van der Waals surface area contributed by atoms with Crippen molar-refractivity contribution in [2.45, 2.75) is 26.1 Å². The van der Waals surface area contributed by atoms with Gasteiger partial charge in [0, 0.05) is 15.6 Å². The van der Waals surface area contributed by atoms with Crippen LogP contribution in [0.2, 0.25) is 10.0 Å². The van der Waals surface area contributed by atoms with Crippen LogP contribution in [0.3, 0.4) is 0 Å². The van der Waals surface area contributed by atoms with Gasteiger partial charge in [-0.1, -0.05) is 41.4 Å². The van der Waals surface area contributed by atoms with E-state index in [2.05, 4.69) is 0 Å². The fourth-order valence-corrected chi connectivity index (χ4v) is 2.57. The largest absolute Gasteiger partial charge is 0.491 e. The molecular formula is C16H16Cl2O2. The van der Waals surface area contributed by atoms with E-state index in [-0.39, 0.29) is 6.10 Å². The summed E-state index contributed by atoms with van der Waals surface area (Å²) in [5, 5.41) is 11.4. The molecule has 2 aromatic rings.